The maximum Gasteiger partial charge on any atom is 0.193 e. The van der Waals surface area contributed by atoms with Crippen molar-refractivity contribution < 1.29 is 0 Å². The lowest BCUT2D eigenvalue weighted by Gasteiger charge is -2.33. The third-order valence-electron chi connectivity index (χ3n) is 4.81. The molecule has 116 valence electrons. The van der Waals surface area contributed by atoms with Gasteiger partial charge in [-0.25, -0.2) is 0 Å². The highest BCUT2D eigenvalue weighted by Crippen LogP contribution is 2.28. The number of hydrogen-bond donors (Lipinski definition) is 1. The lowest BCUT2D eigenvalue weighted by atomic mass is 9.93. The van der Waals surface area contributed by atoms with Crippen molar-refractivity contribution in [3.8, 4) is 0 Å². The van der Waals surface area contributed by atoms with Crippen LogP contribution in [0.15, 0.2) is 4.99 Å². The average molecular weight is 280 g/mol. The smallest absolute Gasteiger partial charge is 0.193 e. The Bertz CT molecular complexity index is 337. The van der Waals surface area contributed by atoms with E-state index in [1.807, 2.05) is 7.05 Å². The number of guanidine groups is 1. The number of nitrogens with one attached hydrogen (secondary N) is 1. The van der Waals surface area contributed by atoms with Crippen LogP contribution in [0.3, 0.4) is 0 Å². The molecule has 0 spiro atoms. The monoisotopic (exact) mass is 280 g/mol. The molecule has 1 atom stereocenters. The van der Waals surface area contributed by atoms with Crippen molar-refractivity contribution in [2.75, 3.05) is 39.8 Å². The number of likely N-dealkylation sites (tertiary alicyclic amines) is 2. The van der Waals surface area contributed by atoms with Gasteiger partial charge in [-0.05, 0) is 38.1 Å². The molecule has 0 saturated carbocycles. The van der Waals surface area contributed by atoms with Gasteiger partial charge in [0.1, 0.15) is 0 Å². The molecule has 2 aliphatic rings. The van der Waals surface area contributed by atoms with Crippen LogP contribution in [-0.4, -0.2) is 61.6 Å². The molecule has 20 heavy (non-hydrogen) atoms. The van der Waals surface area contributed by atoms with Crippen molar-refractivity contribution >= 4 is 5.96 Å². The van der Waals surface area contributed by atoms with Crippen molar-refractivity contribution in [3.05, 3.63) is 0 Å². The van der Waals surface area contributed by atoms with Crippen LogP contribution in [0.25, 0.3) is 0 Å². The normalized spacial score (nSPS) is 27.9. The summed E-state index contributed by atoms with van der Waals surface area (Å²) in [7, 11) is 1.90. The van der Waals surface area contributed by atoms with E-state index in [-0.39, 0.29) is 0 Å². The summed E-state index contributed by atoms with van der Waals surface area (Å²) < 4.78 is 0. The summed E-state index contributed by atoms with van der Waals surface area (Å²) in [5.74, 6) is 1.08. The molecule has 1 unspecified atom stereocenters. The van der Waals surface area contributed by atoms with E-state index in [0.29, 0.717) is 5.41 Å². The Morgan fingerprint density at radius 3 is 2.70 bits per heavy atom. The summed E-state index contributed by atoms with van der Waals surface area (Å²) in [6.07, 6.45) is 5.38. The molecule has 0 aromatic rings. The summed E-state index contributed by atoms with van der Waals surface area (Å²) in [4.78, 5) is 9.46. The minimum atomic E-state index is 0.430. The number of hydrogen-bond acceptors (Lipinski definition) is 2. The maximum absolute atomic E-state index is 4.45. The summed E-state index contributed by atoms with van der Waals surface area (Å²) in [5.41, 5.74) is 0.430. The van der Waals surface area contributed by atoms with E-state index in [1.165, 1.54) is 32.2 Å². The van der Waals surface area contributed by atoms with Crippen molar-refractivity contribution in [2.45, 2.75) is 52.5 Å². The molecule has 0 aromatic carbocycles. The molecule has 4 nitrogen and oxygen atoms in total. The van der Waals surface area contributed by atoms with Crippen LogP contribution in [-0.2, 0) is 0 Å². The van der Waals surface area contributed by atoms with E-state index >= 15 is 0 Å². The molecule has 0 aromatic heterocycles. The van der Waals surface area contributed by atoms with Gasteiger partial charge in [-0.2, -0.15) is 0 Å². The summed E-state index contributed by atoms with van der Waals surface area (Å²) in [6.45, 7) is 12.7. The Morgan fingerprint density at radius 2 is 2.10 bits per heavy atom. The minimum absolute atomic E-state index is 0.430. The largest absolute Gasteiger partial charge is 0.355 e. The zero-order valence-corrected chi connectivity index (χ0v) is 13.8. The van der Waals surface area contributed by atoms with Gasteiger partial charge in [0.05, 0.1) is 0 Å². The van der Waals surface area contributed by atoms with Crippen LogP contribution < -0.4 is 5.32 Å². The fourth-order valence-electron chi connectivity index (χ4n) is 3.43. The zero-order chi connectivity index (χ0) is 14.6. The molecular formula is C16H32N4. The van der Waals surface area contributed by atoms with Crippen LogP contribution in [0.5, 0.6) is 0 Å². The number of aliphatic imine (C=N–C) groups is 1. The fraction of sp³-hybridized carbons (Fsp3) is 0.938. The highest BCUT2D eigenvalue weighted by Gasteiger charge is 2.30. The maximum atomic E-state index is 4.45. The average Bonchev–Trinajstić information content (AvgIpc) is 2.77. The van der Waals surface area contributed by atoms with Crippen LogP contribution in [0, 0.1) is 5.41 Å². The highest BCUT2D eigenvalue weighted by atomic mass is 15.3. The SMILES string of the molecule is CN=C(NCCN1CCCCC1C)N1CCC(C)(C)C1. The second-order valence-electron chi connectivity index (χ2n) is 7.19. The fourth-order valence-corrected chi connectivity index (χ4v) is 3.43. The predicted octanol–water partition coefficient (Wildman–Crippen LogP) is 2.17. The van der Waals surface area contributed by atoms with Gasteiger partial charge in [-0.3, -0.25) is 9.89 Å². The second-order valence-corrected chi connectivity index (χ2v) is 7.19. The van der Waals surface area contributed by atoms with Gasteiger partial charge < -0.3 is 10.2 Å². The first-order valence-electron chi connectivity index (χ1n) is 8.21. The van der Waals surface area contributed by atoms with Crippen molar-refractivity contribution in [1.29, 1.82) is 0 Å². The highest BCUT2D eigenvalue weighted by molar-refractivity contribution is 5.80. The van der Waals surface area contributed by atoms with Gasteiger partial charge in [-0.1, -0.05) is 20.3 Å². The van der Waals surface area contributed by atoms with Gasteiger partial charge in [0.2, 0.25) is 0 Å². The molecule has 1 N–H and O–H groups in total. The minimum Gasteiger partial charge on any atom is -0.355 e. The van der Waals surface area contributed by atoms with E-state index in [9.17, 15) is 0 Å². The summed E-state index contributed by atoms with van der Waals surface area (Å²) >= 11 is 0. The topological polar surface area (TPSA) is 30.9 Å². The van der Waals surface area contributed by atoms with Crippen LogP contribution in [0.1, 0.15) is 46.5 Å². The molecule has 2 aliphatic heterocycles. The van der Waals surface area contributed by atoms with Gasteiger partial charge in [-0.15, -0.1) is 0 Å². The lowest BCUT2D eigenvalue weighted by Crippen LogP contribution is -2.46. The molecule has 0 aliphatic carbocycles. The predicted molar refractivity (Wildman–Crippen MR) is 86.2 cm³/mol. The first-order chi connectivity index (χ1) is 9.52. The van der Waals surface area contributed by atoms with Gasteiger partial charge in [0, 0.05) is 39.3 Å². The quantitative estimate of drug-likeness (QED) is 0.635. The molecule has 2 heterocycles. The van der Waals surface area contributed by atoms with E-state index in [0.717, 1.165) is 38.2 Å². The Kier molecular flexibility index (Phi) is 5.30. The molecule has 0 amide bonds. The molecule has 4 heteroatoms. The molecule has 2 fully saturated rings. The van der Waals surface area contributed by atoms with E-state index in [2.05, 4.69) is 40.9 Å². The number of rotatable bonds is 3. The summed E-state index contributed by atoms with van der Waals surface area (Å²) in [5, 5.41) is 3.55. The Morgan fingerprint density at radius 1 is 1.30 bits per heavy atom. The zero-order valence-electron chi connectivity index (χ0n) is 13.8. The first kappa shape index (κ1) is 15.6. The summed E-state index contributed by atoms with van der Waals surface area (Å²) in [6, 6.07) is 0.748. The molecule has 0 radical (unpaired) electrons. The van der Waals surface area contributed by atoms with Crippen molar-refractivity contribution in [3.63, 3.8) is 0 Å². The van der Waals surface area contributed by atoms with Crippen LogP contribution in [0.2, 0.25) is 0 Å². The number of piperidine rings is 1. The third kappa shape index (κ3) is 4.11. The number of nitrogens with zero attached hydrogens (tertiary/aromatic N) is 3. The van der Waals surface area contributed by atoms with Crippen LogP contribution >= 0.6 is 0 Å². The molecule has 2 rings (SSSR count). The molecular weight excluding hydrogens is 248 g/mol. The Balaban J connectivity index is 1.74. The first-order valence-corrected chi connectivity index (χ1v) is 8.21. The van der Waals surface area contributed by atoms with Gasteiger partial charge in [0.25, 0.3) is 0 Å². The Hall–Kier alpha value is -0.770. The van der Waals surface area contributed by atoms with E-state index < -0.39 is 0 Å². The van der Waals surface area contributed by atoms with Crippen LogP contribution in [0.4, 0.5) is 0 Å². The lowest BCUT2D eigenvalue weighted by molar-refractivity contribution is 0.163. The standard InChI is InChI=1S/C16H32N4/c1-14-7-5-6-10-19(14)12-9-18-15(17-4)20-11-8-16(2,3)13-20/h14H,5-13H2,1-4H3,(H,17,18). The third-order valence-corrected chi connectivity index (χ3v) is 4.81. The van der Waals surface area contributed by atoms with Gasteiger partial charge in [0.15, 0.2) is 5.96 Å². The van der Waals surface area contributed by atoms with Gasteiger partial charge >= 0.3 is 0 Å². The van der Waals surface area contributed by atoms with Crippen molar-refractivity contribution in [2.24, 2.45) is 10.4 Å². The van der Waals surface area contributed by atoms with E-state index in [1.54, 1.807) is 0 Å². The second kappa shape index (κ2) is 6.79. The Labute approximate surface area is 124 Å². The molecule has 0 bridgehead atoms. The van der Waals surface area contributed by atoms with E-state index in [4.69, 9.17) is 0 Å². The molecule has 2 saturated heterocycles. The van der Waals surface area contributed by atoms with Crippen molar-refractivity contribution in [1.82, 2.24) is 15.1 Å².